The normalized spacial score (nSPS) is 19.4. The van der Waals surface area contributed by atoms with Gasteiger partial charge in [-0.2, -0.15) is 0 Å². The van der Waals surface area contributed by atoms with E-state index in [1.54, 1.807) is 30.3 Å². The number of rotatable bonds is 8. The molecule has 0 amide bonds. The van der Waals surface area contributed by atoms with E-state index in [4.69, 9.17) is 27.9 Å². The lowest BCUT2D eigenvalue weighted by atomic mass is 10.1. The maximum atomic E-state index is 13.2. The highest BCUT2D eigenvalue weighted by Crippen LogP contribution is 2.28. The van der Waals surface area contributed by atoms with Crippen LogP contribution in [0, 0.1) is 5.82 Å². The minimum Gasteiger partial charge on any atom is -0.489 e. The van der Waals surface area contributed by atoms with Crippen molar-refractivity contribution < 1.29 is 22.7 Å². The zero-order valence-electron chi connectivity index (χ0n) is 15.6. The van der Waals surface area contributed by atoms with E-state index in [0.717, 1.165) is 5.56 Å². The molecule has 0 radical (unpaired) electrons. The second-order valence-electron chi connectivity index (χ2n) is 7.15. The van der Waals surface area contributed by atoms with Crippen molar-refractivity contribution in [3.8, 4) is 5.75 Å². The van der Waals surface area contributed by atoms with Crippen LogP contribution in [-0.4, -0.2) is 55.2 Å². The Labute approximate surface area is 179 Å². The summed E-state index contributed by atoms with van der Waals surface area (Å²) in [6, 6.07) is 10.6. The molecule has 1 aliphatic heterocycles. The van der Waals surface area contributed by atoms with Gasteiger partial charge in [-0.05, 0) is 42.3 Å². The molecule has 3 rings (SSSR count). The first kappa shape index (κ1) is 22.3. The first-order chi connectivity index (χ1) is 13.7. The molecular weight excluding hydrogens is 440 g/mol. The Balaban J connectivity index is 1.65. The minimum atomic E-state index is -3.08. The summed E-state index contributed by atoms with van der Waals surface area (Å²) in [7, 11) is -3.08. The zero-order chi connectivity index (χ0) is 21.0. The maximum Gasteiger partial charge on any atom is 0.151 e. The van der Waals surface area contributed by atoms with Crippen LogP contribution in [0.15, 0.2) is 42.5 Å². The van der Waals surface area contributed by atoms with Crippen LogP contribution >= 0.6 is 23.2 Å². The van der Waals surface area contributed by atoms with Gasteiger partial charge in [0.05, 0.1) is 16.5 Å². The van der Waals surface area contributed by atoms with Crippen molar-refractivity contribution in [2.75, 3.05) is 24.7 Å². The van der Waals surface area contributed by atoms with Crippen molar-refractivity contribution in [2.45, 2.75) is 25.1 Å². The van der Waals surface area contributed by atoms with E-state index in [0.29, 0.717) is 28.8 Å². The average Bonchev–Trinajstić information content (AvgIpc) is 3.02. The van der Waals surface area contributed by atoms with E-state index < -0.39 is 15.9 Å². The molecule has 0 bridgehead atoms. The lowest BCUT2D eigenvalue weighted by Crippen LogP contribution is -2.42. The molecule has 0 spiro atoms. The Morgan fingerprint density at radius 1 is 1.21 bits per heavy atom. The highest BCUT2D eigenvalue weighted by Gasteiger charge is 2.33. The van der Waals surface area contributed by atoms with Crippen molar-refractivity contribution >= 4 is 33.0 Å². The Morgan fingerprint density at radius 3 is 2.55 bits per heavy atom. The van der Waals surface area contributed by atoms with Crippen LogP contribution in [0.25, 0.3) is 0 Å². The molecule has 2 aromatic rings. The fourth-order valence-corrected chi connectivity index (χ4v) is 5.56. The van der Waals surface area contributed by atoms with Crippen LogP contribution in [0.3, 0.4) is 0 Å². The van der Waals surface area contributed by atoms with E-state index in [1.807, 2.05) is 4.90 Å². The van der Waals surface area contributed by atoms with E-state index in [-0.39, 0.29) is 36.5 Å². The molecule has 1 saturated heterocycles. The van der Waals surface area contributed by atoms with Crippen LogP contribution in [0.1, 0.15) is 12.0 Å². The zero-order valence-corrected chi connectivity index (χ0v) is 17.9. The molecule has 5 nitrogen and oxygen atoms in total. The summed E-state index contributed by atoms with van der Waals surface area (Å²) in [4.78, 5) is 1.91. The van der Waals surface area contributed by atoms with E-state index >= 15 is 0 Å². The third kappa shape index (κ3) is 6.55. The van der Waals surface area contributed by atoms with Gasteiger partial charge in [-0.3, -0.25) is 4.90 Å². The topological polar surface area (TPSA) is 66.8 Å². The number of sulfone groups is 1. The summed E-state index contributed by atoms with van der Waals surface area (Å²) < 4.78 is 42.6. The van der Waals surface area contributed by atoms with E-state index in [2.05, 4.69) is 0 Å². The Hall–Kier alpha value is -1.38. The molecule has 158 valence electrons. The van der Waals surface area contributed by atoms with Crippen LogP contribution in [0.4, 0.5) is 4.39 Å². The van der Waals surface area contributed by atoms with Gasteiger partial charge in [-0.25, -0.2) is 12.8 Å². The number of hydrogen-bond donors (Lipinski definition) is 1. The predicted octanol–water partition coefficient (Wildman–Crippen LogP) is 3.56. The number of halogens is 3. The average molecular weight is 462 g/mol. The van der Waals surface area contributed by atoms with Crippen LogP contribution in [-0.2, 0) is 16.4 Å². The molecule has 2 atom stereocenters. The Kier molecular flexibility index (Phi) is 7.40. The Morgan fingerprint density at radius 2 is 1.93 bits per heavy atom. The molecule has 2 aromatic carbocycles. The lowest BCUT2D eigenvalue weighted by molar-refractivity contribution is 0.0525. The first-order valence-electron chi connectivity index (χ1n) is 9.17. The van der Waals surface area contributed by atoms with Gasteiger partial charge >= 0.3 is 0 Å². The van der Waals surface area contributed by atoms with E-state index in [9.17, 15) is 17.9 Å². The van der Waals surface area contributed by atoms with Crippen molar-refractivity contribution in [2.24, 2.45) is 0 Å². The number of aliphatic hydroxyl groups is 1. The summed E-state index contributed by atoms with van der Waals surface area (Å²) >= 11 is 11.9. The molecule has 1 aliphatic rings. The third-order valence-electron chi connectivity index (χ3n) is 4.79. The smallest absolute Gasteiger partial charge is 0.151 e. The molecule has 0 aliphatic carbocycles. The van der Waals surface area contributed by atoms with Crippen molar-refractivity contribution in [1.82, 2.24) is 4.90 Å². The highest BCUT2D eigenvalue weighted by molar-refractivity contribution is 7.91. The quantitative estimate of drug-likeness (QED) is 0.650. The molecular formula is C20H22Cl2FNO4S. The van der Waals surface area contributed by atoms with Gasteiger partial charge in [0.2, 0.25) is 0 Å². The number of nitrogens with zero attached hydrogens (tertiary/aromatic N) is 1. The van der Waals surface area contributed by atoms with Gasteiger partial charge in [0.15, 0.2) is 9.84 Å². The molecule has 2 unspecified atom stereocenters. The highest BCUT2D eigenvalue weighted by atomic mass is 35.5. The fraction of sp³-hybridized carbons (Fsp3) is 0.400. The van der Waals surface area contributed by atoms with Gasteiger partial charge in [-0.15, -0.1) is 0 Å². The molecule has 29 heavy (non-hydrogen) atoms. The minimum absolute atomic E-state index is 0.0132. The van der Waals surface area contributed by atoms with Gasteiger partial charge in [0.1, 0.15) is 24.3 Å². The summed E-state index contributed by atoms with van der Waals surface area (Å²) in [5.74, 6) is 0.246. The van der Waals surface area contributed by atoms with Crippen molar-refractivity contribution in [1.29, 1.82) is 0 Å². The largest absolute Gasteiger partial charge is 0.489 e. The Bertz CT molecular complexity index is 940. The molecule has 1 N–H and O–H groups in total. The fourth-order valence-electron chi connectivity index (χ4n) is 3.33. The summed E-state index contributed by atoms with van der Waals surface area (Å²) in [5, 5.41) is 11.3. The van der Waals surface area contributed by atoms with Crippen LogP contribution in [0.5, 0.6) is 5.75 Å². The standard InChI is InChI=1S/C20H22Cl2FNO4S/c21-15-3-6-20(19(22)9-15)28-12-18(25)11-24(17-7-8-29(26,27)13-17)10-14-1-4-16(23)5-2-14/h1-6,9,17-18,25H,7-8,10-13H2. The molecule has 1 fully saturated rings. The van der Waals surface area contributed by atoms with Gasteiger partial charge in [0.25, 0.3) is 0 Å². The summed E-state index contributed by atoms with van der Waals surface area (Å²) in [6.07, 6.45) is -0.370. The van der Waals surface area contributed by atoms with Crippen molar-refractivity contribution in [3.63, 3.8) is 0 Å². The van der Waals surface area contributed by atoms with Crippen LogP contribution in [0.2, 0.25) is 10.0 Å². The monoisotopic (exact) mass is 461 g/mol. The molecule has 9 heteroatoms. The number of benzene rings is 2. The lowest BCUT2D eigenvalue weighted by Gasteiger charge is -2.30. The molecule has 1 heterocycles. The van der Waals surface area contributed by atoms with Gasteiger partial charge in [-0.1, -0.05) is 35.3 Å². The number of aliphatic hydroxyl groups excluding tert-OH is 1. The van der Waals surface area contributed by atoms with Crippen LogP contribution < -0.4 is 4.74 Å². The number of ether oxygens (including phenoxy) is 1. The first-order valence-corrected chi connectivity index (χ1v) is 11.7. The molecule has 0 saturated carbocycles. The van der Waals surface area contributed by atoms with Gasteiger partial charge < -0.3 is 9.84 Å². The third-order valence-corrected chi connectivity index (χ3v) is 7.07. The summed E-state index contributed by atoms with van der Waals surface area (Å²) in [6.45, 7) is 0.600. The number of hydrogen-bond acceptors (Lipinski definition) is 5. The second-order valence-corrected chi connectivity index (χ2v) is 10.2. The SMILES string of the molecule is O=S1(=O)CCC(N(Cc2ccc(F)cc2)CC(O)COc2ccc(Cl)cc2Cl)C1. The molecule has 0 aromatic heterocycles. The second kappa shape index (κ2) is 9.62. The predicted molar refractivity (Wildman–Crippen MR) is 112 cm³/mol. The van der Waals surface area contributed by atoms with Crippen molar-refractivity contribution in [3.05, 3.63) is 63.9 Å². The summed E-state index contributed by atoms with van der Waals surface area (Å²) in [5.41, 5.74) is 0.838. The van der Waals surface area contributed by atoms with E-state index in [1.165, 1.54) is 12.1 Å². The van der Waals surface area contributed by atoms with Gasteiger partial charge in [0, 0.05) is 24.2 Å². The maximum absolute atomic E-state index is 13.2.